The van der Waals surface area contributed by atoms with Crippen molar-refractivity contribution in [1.82, 2.24) is 9.80 Å². The molecule has 0 aliphatic carbocycles. The van der Waals surface area contributed by atoms with Crippen LogP contribution in [0.4, 0.5) is 0 Å². The standard InChI is InChI=1S/C12H17ClN2O4S/c1-4-14(5-2)11(17)9-7(3)6-20(18,19)12-8(13)10(16)15(9)12/h8,12H,4-6H2,1-3H3/t8-,12?/m0/s1. The van der Waals surface area contributed by atoms with E-state index >= 15 is 0 Å². The molecule has 1 fully saturated rings. The minimum absolute atomic E-state index is 0.176. The molecule has 112 valence electrons. The van der Waals surface area contributed by atoms with Crippen LogP contribution < -0.4 is 0 Å². The average molecular weight is 321 g/mol. The SMILES string of the molecule is CCN(CC)C(=O)C1=C(C)CS(=O)(=O)C2[C@@H](Cl)C(=O)N12. The van der Waals surface area contributed by atoms with E-state index in [0.717, 1.165) is 4.90 Å². The van der Waals surface area contributed by atoms with Crippen LogP contribution >= 0.6 is 11.6 Å². The van der Waals surface area contributed by atoms with Gasteiger partial charge in [-0.3, -0.25) is 14.5 Å². The van der Waals surface area contributed by atoms with Crippen LogP contribution in [0.15, 0.2) is 11.3 Å². The molecule has 0 spiro atoms. The van der Waals surface area contributed by atoms with E-state index in [-0.39, 0.29) is 17.4 Å². The number of amides is 2. The largest absolute Gasteiger partial charge is 0.338 e. The Kier molecular flexibility index (Phi) is 3.85. The first-order valence-corrected chi connectivity index (χ1v) is 8.59. The lowest BCUT2D eigenvalue weighted by atomic mass is 10.1. The average Bonchev–Trinajstić information content (AvgIpc) is 2.37. The van der Waals surface area contributed by atoms with Gasteiger partial charge >= 0.3 is 0 Å². The fraction of sp³-hybridized carbons (Fsp3) is 0.667. The van der Waals surface area contributed by atoms with Crippen LogP contribution in [0.5, 0.6) is 0 Å². The second-order valence-electron chi connectivity index (χ2n) is 4.91. The minimum atomic E-state index is -3.52. The first kappa shape index (κ1) is 15.3. The van der Waals surface area contributed by atoms with E-state index < -0.39 is 26.5 Å². The summed E-state index contributed by atoms with van der Waals surface area (Å²) < 4.78 is 24.1. The Balaban J connectivity index is 2.47. The summed E-state index contributed by atoms with van der Waals surface area (Å²) in [6, 6.07) is 0. The number of hydrogen-bond donors (Lipinski definition) is 0. The highest BCUT2D eigenvalue weighted by molar-refractivity contribution is 7.92. The van der Waals surface area contributed by atoms with Gasteiger partial charge in [0.2, 0.25) is 5.91 Å². The summed E-state index contributed by atoms with van der Waals surface area (Å²) >= 11 is 5.80. The lowest BCUT2D eigenvalue weighted by molar-refractivity contribution is -0.143. The molecular formula is C12H17ClN2O4S. The molecule has 0 bridgehead atoms. The van der Waals surface area contributed by atoms with Gasteiger partial charge in [0.1, 0.15) is 11.1 Å². The van der Waals surface area contributed by atoms with Gasteiger partial charge < -0.3 is 4.90 Å². The van der Waals surface area contributed by atoms with E-state index in [9.17, 15) is 18.0 Å². The molecule has 1 unspecified atom stereocenters. The maximum Gasteiger partial charge on any atom is 0.270 e. The molecule has 6 nitrogen and oxygen atoms in total. The highest BCUT2D eigenvalue weighted by Crippen LogP contribution is 2.39. The number of likely N-dealkylation sites (N-methyl/N-ethyl adjacent to an activating group) is 1. The molecule has 0 N–H and O–H groups in total. The summed E-state index contributed by atoms with van der Waals surface area (Å²) in [4.78, 5) is 26.9. The first-order chi connectivity index (χ1) is 9.26. The number of hydrogen-bond acceptors (Lipinski definition) is 4. The zero-order chi connectivity index (χ0) is 15.2. The summed E-state index contributed by atoms with van der Waals surface area (Å²) in [5, 5.41) is -2.19. The molecule has 0 aromatic rings. The van der Waals surface area contributed by atoms with Gasteiger partial charge in [0.05, 0.1) is 5.75 Å². The molecule has 0 aromatic heterocycles. The normalized spacial score (nSPS) is 28.0. The number of sulfone groups is 1. The maximum atomic E-state index is 12.5. The predicted molar refractivity (Wildman–Crippen MR) is 74.7 cm³/mol. The zero-order valence-corrected chi connectivity index (χ0v) is 13.2. The van der Waals surface area contributed by atoms with E-state index in [2.05, 4.69) is 0 Å². The van der Waals surface area contributed by atoms with Gasteiger partial charge in [-0.15, -0.1) is 11.6 Å². The number of nitrogens with zero attached hydrogens (tertiary/aromatic N) is 2. The molecule has 0 radical (unpaired) electrons. The maximum absolute atomic E-state index is 12.5. The topological polar surface area (TPSA) is 74.8 Å². The van der Waals surface area contributed by atoms with Crippen LogP contribution in [-0.2, 0) is 19.4 Å². The number of carbonyl (C=O) groups excluding carboxylic acids is 2. The number of alkyl halides is 1. The Morgan fingerprint density at radius 2 is 1.95 bits per heavy atom. The third kappa shape index (κ3) is 2.03. The van der Waals surface area contributed by atoms with Crippen LogP contribution in [0.3, 0.4) is 0 Å². The second kappa shape index (κ2) is 5.04. The number of halogens is 1. The van der Waals surface area contributed by atoms with Gasteiger partial charge in [0, 0.05) is 13.1 Å². The van der Waals surface area contributed by atoms with Crippen molar-refractivity contribution in [3.8, 4) is 0 Å². The van der Waals surface area contributed by atoms with Crippen LogP contribution in [0.25, 0.3) is 0 Å². The van der Waals surface area contributed by atoms with Crippen molar-refractivity contribution < 1.29 is 18.0 Å². The fourth-order valence-corrected chi connectivity index (χ4v) is 5.23. The molecule has 20 heavy (non-hydrogen) atoms. The second-order valence-corrected chi connectivity index (χ2v) is 7.48. The summed E-state index contributed by atoms with van der Waals surface area (Å²) in [7, 11) is -3.52. The number of fused-ring (bicyclic) bond motifs is 1. The smallest absolute Gasteiger partial charge is 0.270 e. The Bertz CT molecular complexity index is 595. The van der Waals surface area contributed by atoms with Gasteiger partial charge in [-0.25, -0.2) is 8.42 Å². The van der Waals surface area contributed by atoms with Crippen LogP contribution in [0, 0.1) is 0 Å². The highest BCUT2D eigenvalue weighted by Gasteiger charge is 2.58. The van der Waals surface area contributed by atoms with Crippen LogP contribution in [0.2, 0.25) is 0 Å². The van der Waals surface area contributed by atoms with Crippen molar-refractivity contribution in [3.05, 3.63) is 11.3 Å². The Morgan fingerprint density at radius 1 is 1.40 bits per heavy atom. The van der Waals surface area contributed by atoms with Crippen LogP contribution in [-0.4, -0.2) is 59.6 Å². The molecule has 2 rings (SSSR count). The monoisotopic (exact) mass is 320 g/mol. The van der Waals surface area contributed by atoms with E-state index in [4.69, 9.17) is 11.6 Å². The van der Waals surface area contributed by atoms with Gasteiger partial charge in [-0.2, -0.15) is 0 Å². The van der Waals surface area contributed by atoms with Crippen molar-refractivity contribution in [2.24, 2.45) is 0 Å². The van der Waals surface area contributed by atoms with Gasteiger partial charge in [0.15, 0.2) is 15.2 Å². The van der Waals surface area contributed by atoms with E-state index in [0.29, 0.717) is 18.7 Å². The van der Waals surface area contributed by atoms with Gasteiger partial charge in [-0.1, -0.05) is 0 Å². The lowest BCUT2D eigenvalue weighted by Crippen LogP contribution is -2.68. The summed E-state index contributed by atoms with van der Waals surface area (Å²) in [5.74, 6) is -1.06. The van der Waals surface area contributed by atoms with Crippen LogP contribution in [0.1, 0.15) is 20.8 Å². The fourth-order valence-electron chi connectivity index (χ4n) is 2.62. The Hall–Kier alpha value is -1.08. The number of β-lactam (4-membered cyclic amide) rings is 1. The molecular weight excluding hydrogens is 304 g/mol. The summed E-state index contributed by atoms with van der Waals surface area (Å²) in [6.07, 6.45) is 0. The van der Waals surface area contributed by atoms with Crippen molar-refractivity contribution >= 4 is 33.3 Å². The van der Waals surface area contributed by atoms with Gasteiger partial charge in [0.25, 0.3) is 5.91 Å². The van der Waals surface area contributed by atoms with E-state index in [1.54, 1.807) is 11.8 Å². The first-order valence-electron chi connectivity index (χ1n) is 6.44. The minimum Gasteiger partial charge on any atom is -0.338 e. The molecule has 2 aliphatic heterocycles. The third-order valence-electron chi connectivity index (χ3n) is 3.66. The molecule has 1 saturated heterocycles. The van der Waals surface area contributed by atoms with Gasteiger partial charge in [-0.05, 0) is 26.3 Å². The van der Waals surface area contributed by atoms with Crippen molar-refractivity contribution in [1.29, 1.82) is 0 Å². The predicted octanol–water partition coefficient (Wildman–Crippen LogP) is 0.333. The lowest BCUT2D eigenvalue weighted by Gasteiger charge is -2.47. The Labute approximate surface area is 123 Å². The molecule has 2 atom stereocenters. The Morgan fingerprint density at radius 3 is 2.45 bits per heavy atom. The summed E-state index contributed by atoms with van der Waals surface area (Å²) in [6.45, 7) is 6.22. The zero-order valence-electron chi connectivity index (χ0n) is 11.6. The number of carbonyl (C=O) groups is 2. The third-order valence-corrected chi connectivity index (χ3v) is 6.29. The van der Waals surface area contributed by atoms with Crippen molar-refractivity contribution in [2.45, 2.75) is 31.5 Å². The van der Waals surface area contributed by atoms with E-state index in [1.165, 1.54) is 0 Å². The molecule has 2 aliphatic rings. The van der Waals surface area contributed by atoms with E-state index in [1.807, 2.05) is 13.8 Å². The molecule has 8 heteroatoms. The molecule has 0 aromatic carbocycles. The summed E-state index contributed by atoms with van der Waals surface area (Å²) in [5.41, 5.74) is 0.575. The number of rotatable bonds is 3. The quantitative estimate of drug-likeness (QED) is 0.555. The molecule has 2 amide bonds. The highest BCUT2D eigenvalue weighted by atomic mass is 35.5. The molecule has 0 saturated carbocycles. The van der Waals surface area contributed by atoms with Crippen molar-refractivity contribution in [2.75, 3.05) is 18.8 Å². The molecule has 2 heterocycles. The van der Waals surface area contributed by atoms with Crippen molar-refractivity contribution in [3.63, 3.8) is 0 Å².